The lowest BCUT2D eigenvalue weighted by Crippen LogP contribution is -2.30. The fourth-order valence-corrected chi connectivity index (χ4v) is 2.11. The number of nitrogens with one attached hydrogen (secondary N) is 2. The van der Waals surface area contributed by atoms with E-state index in [0.717, 1.165) is 11.4 Å². The first-order valence-corrected chi connectivity index (χ1v) is 7.02. The highest BCUT2D eigenvalue weighted by atomic mass is 32.1. The second-order valence-electron chi connectivity index (χ2n) is 4.45. The number of anilines is 1. The first kappa shape index (κ1) is 15.3. The molecule has 0 aromatic heterocycles. The monoisotopic (exact) mass is 304 g/mol. The van der Waals surface area contributed by atoms with E-state index in [1.807, 2.05) is 30.3 Å². The molecule has 0 saturated heterocycles. The van der Waals surface area contributed by atoms with Gasteiger partial charge in [0.25, 0.3) is 0 Å². The Labute approximate surface area is 129 Å². The van der Waals surface area contributed by atoms with Gasteiger partial charge in [-0.15, -0.1) is 0 Å². The van der Waals surface area contributed by atoms with Crippen LogP contribution in [0.3, 0.4) is 0 Å². The summed E-state index contributed by atoms with van der Waals surface area (Å²) in [6.07, 6.45) is 0.576. The molecule has 0 aliphatic carbocycles. The molecular weight excluding hydrogens is 287 g/mol. The van der Waals surface area contributed by atoms with Crippen LogP contribution in [0.15, 0.2) is 48.5 Å². The van der Waals surface area contributed by atoms with Crippen molar-refractivity contribution in [3.63, 3.8) is 0 Å². The molecule has 2 aromatic carbocycles. The minimum absolute atomic E-state index is 0.189. The molecule has 3 nitrogen and oxygen atoms in total. The van der Waals surface area contributed by atoms with Crippen molar-refractivity contribution in [2.24, 2.45) is 0 Å². The SMILES string of the molecule is COc1cccc(NC(=S)NCCc2ccccc2F)c1. The van der Waals surface area contributed by atoms with E-state index in [4.69, 9.17) is 17.0 Å². The fraction of sp³-hybridized carbons (Fsp3) is 0.188. The zero-order valence-electron chi connectivity index (χ0n) is 11.7. The number of hydrogen-bond acceptors (Lipinski definition) is 2. The molecule has 110 valence electrons. The number of methoxy groups -OCH3 is 1. The van der Waals surface area contributed by atoms with Crippen LogP contribution in [-0.2, 0) is 6.42 Å². The predicted molar refractivity (Wildman–Crippen MR) is 87.3 cm³/mol. The molecule has 0 aliphatic heterocycles. The molecule has 0 saturated carbocycles. The Morgan fingerprint density at radius 3 is 2.76 bits per heavy atom. The van der Waals surface area contributed by atoms with Gasteiger partial charge in [-0.25, -0.2) is 4.39 Å². The van der Waals surface area contributed by atoms with Crippen molar-refractivity contribution in [1.29, 1.82) is 0 Å². The van der Waals surface area contributed by atoms with Crippen LogP contribution in [0, 0.1) is 5.82 Å². The van der Waals surface area contributed by atoms with E-state index in [1.54, 1.807) is 19.2 Å². The van der Waals surface area contributed by atoms with E-state index in [0.29, 0.717) is 23.6 Å². The van der Waals surface area contributed by atoms with E-state index >= 15 is 0 Å². The van der Waals surface area contributed by atoms with Crippen LogP contribution in [0.1, 0.15) is 5.56 Å². The van der Waals surface area contributed by atoms with Crippen molar-refractivity contribution in [3.05, 3.63) is 59.9 Å². The van der Waals surface area contributed by atoms with Crippen LogP contribution in [0.5, 0.6) is 5.75 Å². The maximum Gasteiger partial charge on any atom is 0.170 e. The van der Waals surface area contributed by atoms with Crippen LogP contribution >= 0.6 is 12.2 Å². The lowest BCUT2D eigenvalue weighted by molar-refractivity contribution is 0.415. The molecule has 2 rings (SSSR count). The molecule has 0 amide bonds. The van der Waals surface area contributed by atoms with Crippen molar-refractivity contribution in [2.45, 2.75) is 6.42 Å². The Morgan fingerprint density at radius 2 is 2.00 bits per heavy atom. The van der Waals surface area contributed by atoms with Gasteiger partial charge in [-0.2, -0.15) is 0 Å². The van der Waals surface area contributed by atoms with Gasteiger partial charge in [-0.3, -0.25) is 0 Å². The highest BCUT2D eigenvalue weighted by molar-refractivity contribution is 7.80. The summed E-state index contributed by atoms with van der Waals surface area (Å²) in [6, 6.07) is 14.2. The number of benzene rings is 2. The number of thiocarbonyl (C=S) groups is 1. The van der Waals surface area contributed by atoms with E-state index in [9.17, 15) is 4.39 Å². The minimum Gasteiger partial charge on any atom is -0.497 e. The zero-order chi connectivity index (χ0) is 15.1. The molecule has 0 spiro atoms. The standard InChI is InChI=1S/C16H17FN2OS/c1-20-14-7-4-6-13(11-14)19-16(21)18-10-9-12-5-2-3-8-15(12)17/h2-8,11H,9-10H2,1H3,(H2,18,19,21). The Kier molecular flexibility index (Phi) is 5.51. The van der Waals surface area contributed by atoms with Gasteiger partial charge in [0.1, 0.15) is 11.6 Å². The maximum atomic E-state index is 13.5. The summed E-state index contributed by atoms with van der Waals surface area (Å²) in [7, 11) is 1.62. The number of ether oxygens (including phenoxy) is 1. The summed E-state index contributed by atoms with van der Waals surface area (Å²) in [4.78, 5) is 0. The second-order valence-corrected chi connectivity index (χ2v) is 4.86. The summed E-state index contributed by atoms with van der Waals surface area (Å²) < 4.78 is 18.6. The molecule has 0 unspecified atom stereocenters. The van der Waals surface area contributed by atoms with E-state index < -0.39 is 0 Å². The molecule has 0 radical (unpaired) electrons. The Hall–Kier alpha value is -2.14. The lowest BCUT2D eigenvalue weighted by Gasteiger charge is -2.11. The first-order chi connectivity index (χ1) is 10.2. The molecule has 0 bridgehead atoms. The van der Waals surface area contributed by atoms with Crippen molar-refractivity contribution < 1.29 is 9.13 Å². The lowest BCUT2D eigenvalue weighted by atomic mass is 10.1. The smallest absolute Gasteiger partial charge is 0.170 e. The predicted octanol–water partition coefficient (Wildman–Crippen LogP) is 3.36. The molecule has 2 N–H and O–H groups in total. The molecule has 0 aliphatic rings. The van der Waals surface area contributed by atoms with Crippen molar-refractivity contribution in [3.8, 4) is 5.75 Å². The quantitative estimate of drug-likeness (QED) is 0.830. The van der Waals surface area contributed by atoms with Gasteiger partial charge < -0.3 is 15.4 Å². The zero-order valence-corrected chi connectivity index (χ0v) is 12.5. The molecule has 5 heteroatoms. The van der Waals surface area contributed by atoms with Crippen molar-refractivity contribution in [1.82, 2.24) is 5.32 Å². The molecule has 0 heterocycles. The third-order valence-electron chi connectivity index (χ3n) is 2.97. The van der Waals surface area contributed by atoms with E-state index in [2.05, 4.69) is 10.6 Å². The van der Waals surface area contributed by atoms with E-state index in [-0.39, 0.29) is 5.82 Å². The van der Waals surface area contributed by atoms with Gasteiger partial charge in [0.05, 0.1) is 7.11 Å². The molecule has 0 fully saturated rings. The summed E-state index contributed by atoms with van der Waals surface area (Å²) >= 11 is 5.21. The Morgan fingerprint density at radius 1 is 1.19 bits per heavy atom. The Bertz CT molecular complexity index is 619. The molecule has 2 aromatic rings. The highest BCUT2D eigenvalue weighted by Crippen LogP contribution is 2.16. The van der Waals surface area contributed by atoms with Gasteiger partial charge in [0.15, 0.2) is 5.11 Å². The fourth-order valence-electron chi connectivity index (χ4n) is 1.89. The number of rotatable bonds is 5. The maximum absolute atomic E-state index is 13.5. The normalized spacial score (nSPS) is 10.0. The van der Waals surface area contributed by atoms with Gasteiger partial charge in [0.2, 0.25) is 0 Å². The number of halogens is 1. The molecule has 21 heavy (non-hydrogen) atoms. The first-order valence-electron chi connectivity index (χ1n) is 6.61. The van der Waals surface area contributed by atoms with Gasteiger partial charge in [-0.05, 0) is 42.4 Å². The average Bonchev–Trinajstić information content (AvgIpc) is 2.49. The summed E-state index contributed by atoms with van der Waals surface area (Å²) in [6.45, 7) is 0.566. The third-order valence-corrected chi connectivity index (χ3v) is 3.21. The minimum atomic E-state index is -0.189. The number of hydrogen-bond donors (Lipinski definition) is 2. The van der Waals surface area contributed by atoms with Gasteiger partial charge in [0, 0.05) is 18.3 Å². The highest BCUT2D eigenvalue weighted by Gasteiger charge is 2.02. The Balaban J connectivity index is 1.81. The van der Waals surface area contributed by atoms with Crippen LogP contribution in [0.25, 0.3) is 0 Å². The second kappa shape index (κ2) is 7.59. The van der Waals surface area contributed by atoms with Crippen LogP contribution < -0.4 is 15.4 Å². The van der Waals surface area contributed by atoms with Crippen LogP contribution in [0.4, 0.5) is 10.1 Å². The van der Waals surface area contributed by atoms with Crippen molar-refractivity contribution in [2.75, 3.05) is 19.0 Å². The van der Waals surface area contributed by atoms with Crippen LogP contribution in [-0.4, -0.2) is 18.8 Å². The van der Waals surface area contributed by atoms with Crippen LogP contribution in [0.2, 0.25) is 0 Å². The topological polar surface area (TPSA) is 33.3 Å². The summed E-state index contributed by atoms with van der Waals surface area (Å²) in [5.74, 6) is 0.570. The largest absolute Gasteiger partial charge is 0.497 e. The average molecular weight is 304 g/mol. The van der Waals surface area contributed by atoms with Crippen molar-refractivity contribution >= 4 is 23.0 Å². The van der Waals surface area contributed by atoms with Gasteiger partial charge in [-0.1, -0.05) is 24.3 Å². The summed E-state index contributed by atoms with van der Waals surface area (Å²) in [5.41, 5.74) is 1.52. The molecular formula is C16H17FN2OS. The third kappa shape index (κ3) is 4.72. The molecule has 0 atom stereocenters. The van der Waals surface area contributed by atoms with Gasteiger partial charge >= 0.3 is 0 Å². The van der Waals surface area contributed by atoms with E-state index in [1.165, 1.54) is 6.07 Å². The summed E-state index contributed by atoms with van der Waals surface area (Å²) in [5, 5.41) is 6.62.